The van der Waals surface area contributed by atoms with Crippen LogP contribution in [0, 0.1) is 5.92 Å². The minimum absolute atomic E-state index is 0.650. The number of thioether (sulfide) groups is 1. The Morgan fingerprint density at radius 3 is 2.61 bits per heavy atom. The molecule has 0 aliphatic heterocycles. The third-order valence-corrected chi connectivity index (χ3v) is 7.08. The van der Waals surface area contributed by atoms with E-state index >= 15 is 0 Å². The van der Waals surface area contributed by atoms with Crippen LogP contribution in [0.15, 0.2) is 40.2 Å². The maximum atomic E-state index is 2.59. The zero-order chi connectivity index (χ0) is 12.6. The summed E-state index contributed by atoms with van der Waals surface area (Å²) >= 11 is 2.71. The van der Waals surface area contributed by atoms with E-state index in [0.717, 1.165) is 11.7 Å². The van der Waals surface area contributed by atoms with Gasteiger partial charge in [-0.25, -0.2) is 0 Å². The van der Waals surface area contributed by atoms with Crippen molar-refractivity contribution in [1.82, 2.24) is 0 Å². The first-order valence-electron chi connectivity index (χ1n) is 6.81. The van der Waals surface area contributed by atoms with E-state index in [-0.39, 0.29) is 0 Å². The van der Waals surface area contributed by atoms with E-state index in [1.54, 1.807) is 3.80 Å². The molecule has 1 aliphatic carbocycles. The van der Waals surface area contributed by atoms with Crippen LogP contribution in [0.3, 0.4) is 0 Å². The predicted octanol–water partition coefficient (Wildman–Crippen LogP) is 5.09. The molecule has 18 heavy (non-hydrogen) atoms. The van der Waals surface area contributed by atoms with Crippen LogP contribution in [0.2, 0.25) is 5.82 Å². The van der Waals surface area contributed by atoms with Crippen molar-refractivity contribution in [3.63, 3.8) is 0 Å². The molecule has 1 aromatic rings. The molecule has 1 aliphatic rings. The SMILES string of the molecule is C[Se]/C(=C/C1CCCCC1)SCc1ccccc1. The molecule has 0 N–H and O–H groups in total. The van der Waals surface area contributed by atoms with Crippen LogP contribution in [0.25, 0.3) is 0 Å². The van der Waals surface area contributed by atoms with Gasteiger partial charge in [-0.05, 0) is 0 Å². The molecule has 2 heteroatoms. The molecule has 0 heterocycles. The Bertz CT molecular complexity index is 366. The van der Waals surface area contributed by atoms with E-state index in [2.05, 4.69) is 54.0 Å². The Morgan fingerprint density at radius 2 is 1.94 bits per heavy atom. The molecule has 2 rings (SSSR count). The van der Waals surface area contributed by atoms with Crippen LogP contribution in [0.5, 0.6) is 0 Å². The van der Waals surface area contributed by atoms with E-state index in [4.69, 9.17) is 0 Å². The van der Waals surface area contributed by atoms with Gasteiger partial charge >= 0.3 is 122 Å². The van der Waals surface area contributed by atoms with Gasteiger partial charge in [0.2, 0.25) is 0 Å². The van der Waals surface area contributed by atoms with Crippen LogP contribution < -0.4 is 0 Å². The van der Waals surface area contributed by atoms with E-state index in [0.29, 0.717) is 15.0 Å². The van der Waals surface area contributed by atoms with E-state index in [9.17, 15) is 0 Å². The number of hydrogen-bond donors (Lipinski definition) is 0. The number of benzene rings is 1. The van der Waals surface area contributed by atoms with Crippen molar-refractivity contribution in [1.29, 1.82) is 0 Å². The zero-order valence-electron chi connectivity index (χ0n) is 11.1. The van der Waals surface area contributed by atoms with Crippen molar-refractivity contribution in [3.8, 4) is 0 Å². The minimum atomic E-state index is 0.650. The number of rotatable bonds is 5. The van der Waals surface area contributed by atoms with Gasteiger partial charge in [-0.2, -0.15) is 0 Å². The Labute approximate surface area is 122 Å². The first kappa shape index (κ1) is 14.2. The molecular formula is C16H22SSe. The molecule has 0 spiro atoms. The fourth-order valence-corrected chi connectivity index (χ4v) is 5.11. The summed E-state index contributed by atoms with van der Waals surface area (Å²) in [5.41, 5.74) is 1.45. The third kappa shape index (κ3) is 4.84. The maximum absolute atomic E-state index is 2.59. The Balaban J connectivity index is 1.86. The third-order valence-electron chi connectivity index (χ3n) is 3.45. The van der Waals surface area contributed by atoms with Gasteiger partial charge in [0.05, 0.1) is 0 Å². The second-order valence-corrected chi connectivity index (χ2v) is 8.24. The molecule has 0 radical (unpaired) electrons. The molecule has 0 atom stereocenters. The fraction of sp³-hybridized carbons (Fsp3) is 0.500. The normalized spacial score (nSPS) is 17.9. The van der Waals surface area contributed by atoms with Gasteiger partial charge in [0, 0.05) is 0 Å². The van der Waals surface area contributed by atoms with E-state index in [1.165, 1.54) is 37.7 Å². The molecule has 0 aromatic heterocycles. The predicted molar refractivity (Wildman–Crippen MR) is 84.0 cm³/mol. The van der Waals surface area contributed by atoms with Crippen LogP contribution in [0.1, 0.15) is 37.7 Å². The molecule has 0 bridgehead atoms. The second kappa shape index (κ2) is 8.09. The summed E-state index contributed by atoms with van der Waals surface area (Å²) in [6.45, 7) is 0. The van der Waals surface area contributed by atoms with Crippen molar-refractivity contribution in [3.05, 3.63) is 45.8 Å². The van der Waals surface area contributed by atoms with E-state index in [1.807, 2.05) is 0 Å². The quantitative estimate of drug-likeness (QED) is 0.679. The molecule has 0 saturated heterocycles. The van der Waals surface area contributed by atoms with Gasteiger partial charge in [0.1, 0.15) is 0 Å². The summed E-state index contributed by atoms with van der Waals surface area (Å²) < 4.78 is 1.65. The van der Waals surface area contributed by atoms with Crippen LogP contribution in [-0.2, 0) is 5.75 Å². The van der Waals surface area contributed by atoms with Crippen molar-refractivity contribution >= 4 is 26.7 Å². The molecule has 1 saturated carbocycles. The van der Waals surface area contributed by atoms with Gasteiger partial charge in [0.15, 0.2) is 0 Å². The topological polar surface area (TPSA) is 0 Å². The summed E-state index contributed by atoms with van der Waals surface area (Å²) in [5, 5.41) is 0. The Morgan fingerprint density at radius 1 is 1.22 bits per heavy atom. The molecule has 0 unspecified atom stereocenters. The first-order valence-corrected chi connectivity index (χ1v) is 10.4. The standard InChI is InChI=1S/C16H22SSe/c1-18-16(12-14-8-4-2-5-9-14)17-13-15-10-6-3-7-11-15/h3,6-7,10-12,14H,2,4-5,8-9,13H2,1H3/b16-12+. The molecule has 0 nitrogen and oxygen atoms in total. The number of allylic oxidation sites excluding steroid dienone is 1. The molecule has 1 fully saturated rings. The van der Waals surface area contributed by atoms with Crippen molar-refractivity contribution in [2.75, 3.05) is 0 Å². The molecule has 0 amide bonds. The summed E-state index contributed by atoms with van der Waals surface area (Å²) in [6.07, 6.45) is 9.76. The van der Waals surface area contributed by atoms with Crippen molar-refractivity contribution in [2.24, 2.45) is 5.92 Å². The summed E-state index contributed by atoms with van der Waals surface area (Å²) in [5.74, 6) is 4.35. The molecular weight excluding hydrogens is 303 g/mol. The fourth-order valence-electron chi connectivity index (χ4n) is 2.40. The number of hydrogen-bond acceptors (Lipinski definition) is 1. The second-order valence-electron chi connectivity index (χ2n) is 4.86. The van der Waals surface area contributed by atoms with Crippen LogP contribution in [0.4, 0.5) is 0 Å². The summed E-state index contributed by atoms with van der Waals surface area (Å²) in [7, 11) is 0. The molecule has 1 aromatic carbocycles. The van der Waals surface area contributed by atoms with Gasteiger partial charge < -0.3 is 0 Å². The summed E-state index contributed by atoms with van der Waals surface area (Å²) in [6, 6.07) is 10.8. The van der Waals surface area contributed by atoms with Gasteiger partial charge in [-0.1, -0.05) is 0 Å². The Kier molecular flexibility index (Phi) is 6.40. The Hall–Kier alpha value is -0.171. The average molecular weight is 325 g/mol. The van der Waals surface area contributed by atoms with Gasteiger partial charge in [-0.3, -0.25) is 0 Å². The molecule has 98 valence electrons. The average Bonchev–Trinajstić information content (AvgIpc) is 2.45. The van der Waals surface area contributed by atoms with Crippen LogP contribution >= 0.6 is 11.8 Å². The van der Waals surface area contributed by atoms with E-state index < -0.39 is 0 Å². The first-order chi connectivity index (χ1) is 8.88. The summed E-state index contributed by atoms with van der Waals surface area (Å²) in [4.78, 5) is 0. The van der Waals surface area contributed by atoms with Gasteiger partial charge in [0.25, 0.3) is 0 Å². The zero-order valence-corrected chi connectivity index (χ0v) is 13.6. The van der Waals surface area contributed by atoms with Gasteiger partial charge in [-0.15, -0.1) is 0 Å². The van der Waals surface area contributed by atoms with Crippen molar-refractivity contribution in [2.45, 2.75) is 43.7 Å². The van der Waals surface area contributed by atoms with Crippen LogP contribution in [-0.4, -0.2) is 15.0 Å². The monoisotopic (exact) mass is 326 g/mol. The van der Waals surface area contributed by atoms with Crippen molar-refractivity contribution < 1.29 is 0 Å².